The summed E-state index contributed by atoms with van der Waals surface area (Å²) in [5.41, 5.74) is 3.78. The number of nitrogens with zero attached hydrogens (tertiary/aromatic N) is 1. The number of Topliss-reactive ketones (excluding diaryl/α,β-unsaturated/α-hetero) is 1. The molecule has 0 aliphatic heterocycles. The highest BCUT2D eigenvalue weighted by Crippen LogP contribution is 2.13. The van der Waals surface area contributed by atoms with Gasteiger partial charge in [-0.1, -0.05) is 0 Å². The van der Waals surface area contributed by atoms with Crippen molar-refractivity contribution >= 4 is 17.1 Å². The smallest absolute Gasteiger partial charge is 0.165 e. The largest absolute Gasteiger partial charge is 0.294 e. The summed E-state index contributed by atoms with van der Waals surface area (Å²) in [5.74, 6) is 0.182. The van der Waals surface area contributed by atoms with Gasteiger partial charge in [-0.25, -0.2) is 0 Å². The average Bonchev–Trinajstić information content (AvgIpc) is 2.78. The van der Waals surface area contributed by atoms with Crippen LogP contribution in [0.15, 0.2) is 29.0 Å². The van der Waals surface area contributed by atoms with Crippen LogP contribution in [-0.2, 0) is 6.42 Å². The summed E-state index contributed by atoms with van der Waals surface area (Å²) in [6.45, 7) is 3.83. The van der Waals surface area contributed by atoms with E-state index in [0.717, 1.165) is 23.4 Å². The Bertz CT molecular complexity index is 517. The summed E-state index contributed by atoms with van der Waals surface area (Å²) in [6, 6.07) is 5.84. The number of hydrogen-bond acceptors (Lipinski definition) is 3. The third kappa shape index (κ3) is 3.01. The lowest BCUT2D eigenvalue weighted by molar-refractivity contribution is 0.0982. The van der Waals surface area contributed by atoms with Crippen molar-refractivity contribution in [3.05, 3.63) is 51.5 Å². The van der Waals surface area contributed by atoms with E-state index in [-0.39, 0.29) is 5.78 Å². The van der Waals surface area contributed by atoms with E-state index in [9.17, 15) is 4.79 Å². The summed E-state index contributed by atoms with van der Waals surface area (Å²) < 4.78 is 0. The van der Waals surface area contributed by atoms with Crippen LogP contribution in [0.25, 0.3) is 0 Å². The first-order chi connectivity index (χ1) is 8.16. The molecule has 0 unspecified atom stereocenters. The highest BCUT2D eigenvalue weighted by Gasteiger charge is 2.10. The Labute approximate surface area is 105 Å². The Balaban J connectivity index is 2.04. The van der Waals surface area contributed by atoms with E-state index in [1.165, 1.54) is 5.56 Å². The lowest BCUT2D eigenvalue weighted by Crippen LogP contribution is -2.05. The molecule has 0 aliphatic carbocycles. The summed E-state index contributed by atoms with van der Waals surface area (Å²) in [4.78, 5) is 16.4. The van der Waals surface area contributed by atoms with E-state index in [1.807, 2.05) is 31.4 Å². The Morgan fingerprint density at radius 2 is 2.12 bits per heavy atom. The molecule has 2 heterocycles. The quantitative estimate of drug-likeness (QED) is 0.771. The Hall–Kier alpha value is -1.48. The fourth-order valence-corrected chi connectivity index (χ4v) is 2.51. The number of carbonyl (C=O) groups excluding carboxylic acids is 1. The summed E-state index contributed by atoms with van der Waals surface area (Å²) in [7, 11) is 0. The van der Waals surface area contributed by atoms with Gasteiger partial charge in [-0.2, -0.15) is 11.3 Å². The first-order valence-corrected chi connectivity index (χ1v) is 6.59. The third-order valence-electron chi connectivity index (χ3n) is 2.75. The minimum absolute atomic E-state index is 0.182. The van der Waals surface area contributed by atoms with Gasteiger partial charge in [0.15, 0.2) is 5.78 Å². The average molecular weight is 245 g/mol. The molecule has 2 rings (SSSR count). The number of carbonyl (C=O) groups is 1. The number of rotatable bonds is 4. The van der Waals surface area contributed by atoms with Crippen molar-refractivity contribution in [3.63, 3.8) is 0 Å². The molecule has 0 saturated carbocycles. The fraction of sp³-hybridized carbons (Fsp3) is 0.286. The van der Waals surface area contributed by atoms with Crippen LogP contribution in [-0.4, -0.2) is 10.8 Å². The van der Waals surface area contributed by atoms with Gasteiger partial charge in [-0.15, -0.1) is 0 Å². The lowest BCUT2D eigenvalue weighted by Gasteiger charge is -2.04. The monoisotopic (exact) mass is 245 g/mol. The molecule has 2 aromatic rings. The highest BCUT2D eigenvalue weighted by molar-refractivity contribution is 7.07. The maximum Gasteiger partial charge on any atom is 0.165 e. The molecule has 2 nitrogen and oxygen atoms in total. The molecule has 0 spiro atoms. The Morgan fingerprint density at radius 3 is 2.76 bits per heavy atom. The van der Waals surface area contributed by atoms with Crippen LogP contribution in [0.3, 0.4) is 0 Å². The van der Waals surface area contributed by atoms with E-state index in [2.05, 4.69) is 16.4 Å². The summed E-state index contributed by atoms with van der Waals surface area (Å²) in [6.07, 6.45) is 1.37. The molecule has 0 fully saturated rings. The van der Waals surface area contributed by atoms with Crippen LogP contribution in [0, 0.1) is 13.8 Å². The van der Waals surface area contributed by atoms with Crippen molar-refractivity contribution in [2.45, 2.75) is 26.7 Å². The van der Waals surface area contributed by atoms with Crippen molar-refractivity contribution < 1.29 is 4.79 Å². The van der Waals surface area contributed by atoms with Gasteiger partial charge in [-0.3, -0.25) is 9.78 Å². The van der Waals surface area contributed by atoms with E-state index < -0.39 is 0 Å². The molecule has 0 bridgehead atoms. The predicted octanol–water partition coefficient (Wildman–Crippen LogP) is 3.58. The van der Waals surface area contributed by atoms with Gasteiger partial charge in [0.1, 0.15) is 0 Å². The second-order valence-electron chi connectivity index (χ2n) is 4.14. The van der Waals surface area contributed by atoms with Gasteiger partial charge in [0, 0.05) is 23.4 Å². The molecule has 0 N–H and O–H groups in total. The first kappa shape index (κ1) is 12.0. The second-order valence-corrected chi connectivity index (χ2v) is 4.92. The topological polar surface area (TPSA) is 30.0 Å². The Kier molecular flexibility index (Phi) is 3.69. The van der Waals surface area contributed by atoms with Crippen molar-refractivity contribution in [2.24, 2.45) is 0 Å². The molecule has 0 amide bonds. The number of thiophene rings is 1. The fourth-order valence-electron chi connectivity index (χ4n) is 1.81. The van der Waals surface area contributed by atoms with E-state index >= 15 is 0 Å². The zero-order valence-electron chi connectivity index (χ0n) is 10.1. The number of hydrogen-bond donors (Lipinski definition) is 0. The normalized spacial score (nSPS) is 10.5. The zero-order valence-corrected chi connectivity index (χ0v) is 10.9. The number of aromatic nitrogens is 1. The van der Waals surface area contributed by atoms with Crippen LogP contribution in [0.1, 0.15) is 33.7 Å². The molecule has 17 heavy (non-hydrogen) atoms. The Morgan fingerprint density at radius 1 is 1.29 bits per heavy atom. The molecular formula is C14H15NOS. The molecular weight excluding hydrogens is 230 g/mol. The highest BCUT2D eigenvalue weighted by atomic mass is 32.1. The van der Waals surface area contributed by atoms with Crippen LogP contribution >= 0.6 is 11.3 Å². The van der Waals surface area contributed by atoms with Gasteiger partial charge in [-0.05, 0) is 54.8 Å². The van der Waals surface area contributed by atoms with Gasteiger partial charge < -0.3 is 0 Å². The van der Waals surface area contributed by atoms with E-state index in [4.69, 9.17) is 0 Å². The van der Waals surface area contributed by atoms with Gasteiger partial charge >= 0.3 is 0 Å². The minimum atomic E-state index is 0.182. The number of ketones is 1. The third-order valence-corrected chi connectivity index (χ3v) is 3.48. The van der Waals surface area contributed by atoms with Crippen molar-refractivity contribution in [2.75, 3.05) is 0 Å². The van der Waals surface area contributed by atoms with E-state index in [1.54, 1.807) is 11.3 Å². The SMILES string of the molecule is Cc1ccc(C(=O)CCc2ccsc2)c(C)n1. The number of aryl methyl sites for hydroxylation is 3. The van der Waals surface area contributed by atoms with Crippen molar-refractivity contribution in [1.82, 2.24) is 4.98 Å². The predicted molar refractivity (Wildman–Crippen MR) is 70.7 cm³/mol. The standard InChI is InChI=1S/C14H15NOS/c1-10-3-5-13(11(2)15-10)14(16)6-4-12-7-8-17-9-12/h3,5,7-9H,4,6H2,1-2H3. The maximum absolute atomic E-state index is 12.0. The molecule has 88 valence electrons. The minimum Gasteiger partial charge on any atom is -0.294 e. The number of pyridine rings is 1. The summed E-state index contributed by atoms with van der Waals surface area (Å²) in [5, 5.41) is 4.13. The van der Waals surface area contributed by atoms with Gasteiger partial charge in [0.2, 0.25) is 0 Å². The molecule has 0 aromatic carbocycles. The summed E-state index contributed by atoms with van der Waals surface area (Å²) >= 11 is 1.67. The molecule has 0 radical (unpaired) electrons. The second kappa shape index (κ2) is 5.23. The van der Waals surface area contributed by atoms with E-state index in [0.29, 0.717) is 6.42 Å². The molecule has 0 atom stereocenters. The van der Waals surface area contributed by atoms with Crippen LogP contribution in [0.4, 0.5) is 0 Å². The van der Waals surface area contributed by atoms with Crippen molar-refractivity contribution in [3.8, 4) is 0 Å². The first-order valence-electron chi connectivity index (χ1n) is 5.65. The van der Waals surface area contributed by atoms with Gasteiger partial charge in [0.25, 0.3) is 0 Å². The zero-order chi connectivity index (χ0) is 12.3. The molecule has 3 heteroatoms. The van der Waals surface area contributed by atoms with Crippen LogP contribution in [0.2, 0.25) is 0 Å². The van der Waals surface area contributed by atoms with Crippen LogP contribution < -0.4 is 0 Å². The molecule has 0 saturated heterocycles. The van der Waals surface area contributed by atoms with Crippen LogP contribution in [0.5, 0.6) is 0 Å². The lowest BCUT2D eigenvalue weighted by atomic mass is 10.0. The maximum atomic E-state index is 12.0. The molecule has 2 aromatic heterocycles. The van der Waals surface area contributed by atoms with Gasteiger partial charge in [0.05, 0.1) is 0 Å². The molecule has 0 aliphatic rings. The van der Waals surface area contributed by atoms with Crippen molar-refractivity contribution in [1.29, 1.82) is 0 Å².